The molecule has 0 aliphatic heterocycles. The molecule has 33 heavy (non-hydrogen) atoms. The minimum Gasteiger partial charge on any atom is -0.691 e. The van der Waals surface area contributed by atoms with Gasteiger partial charge in [0.25, 0.3) is 0 Å². The van der Waals surface area contributed by atoms with Gasteiger partial charge >= 0.3 is 21.1 Å². The first-order valence-electron chi connectivity index (χ1n) is 13.9. The van der Waals surface area contributed by atoms with E-state index in [-0.39, 0.29) is 21.1 Å². The van der Waals surface area contributed by atoms with E-state index >= 15 is 0 Å². The van der Waals surface area contributed by atoms with Gasteiger partial charge in [-0.3, -0.25) is 0 Å². The Bertz CT molecular complexity index is 654. The van der Waals surface area contributed by atoms with Crippen LogP contribution in [-0.4, -0.2) is 21.4 Å². The molecule has 8 unspecified atom stereocenters. The summed E-state index contributed by atoms with van der Waals surface area (Å²) in [5.74, 6) is 9.29. The van der Waals surface area contributed by atoms with E-state index in [2.05, 4.69) is 11.8 Å². The summed E-state index contributed by atoms with van der Waals surface area (Å²) in [6.07, 6.45) is 35.0. The van der Waals surface area contributed by atoms with Crippen molar-refractivity contribution < 1.29 is 31.3 Å². The number of fused-ring (bicyclic) bond motifs is 6. The van der Waals surface area contributed by atoms with Gasteiger partial charge in [0.05, 0.1) is 11.2 Å². The maximum absolute atomic E-state index is 10.8. The molecule has 6 aliphatic carbocycles. The molecular formula is C30H42O2W. The molecule has 0 amide bonds. The molecule has 0 radical (unpaired) electrons. The van der Waals surface area contributed by atoms with Gasteiger partial charge < -0.3 is 34.9 Å². The van der Waals surface area contributed by atoms with E-state index in [0.717, 1.165) is 25.7 Å². The zero-order valence-corrected chi connectivity index (χ0v) is 23.2. The van der Waals surface area contributed by atoms with Crippen molar-refractivity contribution in [3.05, 3.63) is 12.8 Å². The van der Waals surface area contributed by atoms with Crippen LogP contribution in [0.1, 0.15) is 103 Å². The molecule has 0 aromatic heterocycles. The topological polar surface area (TPSA) is 40.5 Å². The molecule has 0 aromatic rings. The molecule has 180 valence electrons. The third-order valence-corrected chi connectivity index (χ3v) is 11.0. The van der Waals surface area contributed by atoms with Crippen molar-refractivity contribution in [2.75, 3.05) is 0 Å². The molecular weight excluding hydrogens is 576 g/mol. The van der Waals surface area contributed by atoms with Crippen molar-refractivity contribution >= 4 is 0 Å². The second-order valence-corrected chi connectivity index (χ2v) is 12.1. The van der Waals surface area contributed by atoms with E-state index in [9.17, 15) is 10.2 Å². The summed E-state index contributed by atoms with van der Waals surface area (Å²) < 4.78 is 0. The van der Waals surface area contributed by atoms with Crippen LogP contribution in [0.3, 0.4) is 0 Å². The summed E-state index contributed by atoms with van der Waals surface area (Å²) >= 11 is 0. The van der Waals surface area contributed by atoms with Gasteiger partial charge in [0.15, 0.2) is 0 Å². The zero-order chi connectivity index (χ0) is 22.3. The number of hydrogen-bond donors (Lipinski definition) is 2. The SMILES string of the molecule is [C-]#CC1(O)C2CCCCC2C2CCCCC21.[C-]#CC1(O)C2CCCCC2C2CCCCC21.[W+2]. The van der Waals surface area contributed by atoms with E-state index in [4.69, 9.17) is 12.8 Å². The minimum atomic E-state index is -0.865. The Balaban J connectivity index is 0.000000152. The van der Waals surface area contributed by atoms with Crippen LogP contribution in [0.2, 0.25) is 0 Å². The summed E-state index contributed by atoms with van der Waals surface area (Å²) in [6.45, 7) is 0. The fourth-order valence-electron chi connectivity index (χ4n) is 9.79. The Kier molecular flexibility index (Phi) is 8.12. The molecule has 0 aromatic carbocycles. The van der Waals surface area contributed by atoms with Crippen molar-refractivity contribution in [1.29, 1.82) is 0 Å². The largest absolute Gasteiger partial charge is 2.00 e. The Morgan fingerprint density at radius 2 is 0.667 bits per heavy atom. The third kappa shape index (κ3) is 4.20. The second kappa shape index (κ2) is 10.4. The quantitative estimate of drug-likeness (QED) is 0.264. The van der Waals surface area contributed by atoms with E-state index < -0.39 is 11.2 Å². The molecule has 0 bridgehead atoms. The summed E-state index contributed by atoms with van der Waals surface area (Å²) in [7, 11) is 0. The van der Waals surface area contributed by atoms with Gasteiger partial charge in [-0.2, -0.15) is 0 Å². The van der Waals surface area contributed by atoms with Crippen LogP contribution in [-0.2, 0) is 21.1 Å². The Morgan fingerprint density at radius 3 is 0.879 bits per heavy atom. The molecule has 2 nitrogen and oxygen atoms in total. The second-order valence-electron chi connectivity index (χ2n) is 12.1. The monoisotopic (exact) mass is 618 g/mol. The molecule has 6 fully saturated rings. The smallest absolute Gasteiger partial charge is 0.691 e. The summed E-state index contributed by atoms with van der Waals surface area (Å²) in [4.78, 5) is 0. The first-order chi connectivity index (χ1) is 15.5. The van der Waals surface area contributed by atoms with Crippen molar-refractivity contribution in [1.82, 2.24) is 0 Å². The Hall–Kier alpha value is -0.272. The van der Waals surface area contributed by atoms with Crippen molar-refractivity contribution in [2.24, 2.45) is 47.3 Å². The number of aliphatic hydroxyl groups is 2. The summed E-state index contributed by atoms with van der Waals surface area (Å²) in [5, 5.41) is 21.6. The van der Waals surface area contributed by atoms with Gasteiger partial charge in [-0.1, -0.05) is 51.4 Å². The van der Waals surface area contributed by atoms with Crippen LogP contribution in [0.5, 0.6) is 0 Å². The molecule has 6 rings (SSSR count). The zero-order valence-electron chi connectivity index (χ0n) is 20.2. The van der Waals surface area contributed by atoms with Gasteiger partial charge in [-0.25, -0.2) is 0 Å². The molecule has 6 aliphatic rings. The molecule has 8 atom stereocenters. The molecule has 6 saturated carbocycles. The minimum absolute atomic E-state index is 0. The standard InChI is InChI=1S/2C15H21O.W/c2*1-2-15(16)13-9-5-3-7-11(13)12-8-4-6-10-14(12)15;/h2*11-14,16H,3-10H2;/q2*-1;+2. The molecule has 3 heteroatoms. The summed E-state index contributed by atoms with van der Waals surface area (Å²) in [5.41, 5.74) is -1.73. The van der Waals surface area contributed by atoms with Gasteiger partial charge in [0, 0.05) is 0 Å². The molecule has 2 N–H and O–H groups in total. The average molecular weight is 619 g/mol. The van der Waals surface area contributed by atoms with Crippen molar-refractivity contribution in [2.45, 2.75) is 114 Å². The maximum atomic E-state index is 10.8. The van der Waals surface area contributed by atoms with Crippen LogP contribution in [0.4, 0.5) is 0 Å². The van der Waals surface area contributed by atoms with Crippen LogP contribution in [0.25, 0.3) is 0 Å². The first-order valence-corrected chi connectivity index (χ1v) is 13.9. The van der Waals surface area contributed by atoms with Crippen LogP contribution < -0.4 is 0 Å². The molecule has 0 spiro atoms. The van der Waals surface area contributed by atoms with E-state index in [1.165, 1.54) is 77.0 Å². The predicted octanol–water partition coefficient (Wildman–Crippen LogP) is 5.86. The molecule has 0 heterocycles. The number of hydrogen-bond acceptors (Lipinski definition) is 2. The van der Waals surface area contributed by atoms with Gasteiger partial charge in [-0.05, 0) is 98.7 Å². The normalized spacial score (nSPS) is 49.9. The van der Waals surface area contributed by atoms with Crippen LogP contribution in [0, 0.1) is 72.0 Å². The predicted molar refractivity (Wildman–Crippen MR) is 126 cm³/mol. The van der Waals surface area contributed by atoms with Gasteiger partial charge in [0.1, 0.15) is 0 Å². The van der Waals surface area contributed by atoms with Crippen molar-refractivity contribution in [3.8, 4) is 11.8 Å². The summed E-state index contributed by atoms with van der Waals surface area (Å²) in [6, 6.07) is 0. The van der Waals surface area contributed by atoms with Gasteiger partial charge in [-0.15, -0.1) is 0 Å². The van der Waals surface area contributed by atoms with Crippen LogP contribution in [0.15, 0.2) is 0 Å². The molecule has 0 saturated heterocycles. The average Bonchev–Trinajstić information content (AvgIpc) is 3.28. The van der Waals surface area contributed by atoms with E-state index in [1.807, 2.05) is 0 Å². The Labute approximate surface area is 216 Å². The first kappa shape index (κ1) is 25.8. The van der Waals surface area contributed by atoms with Crippen LogP contribution >= 0.6 is 0 Å². The van der Waals surface area contributed by atoms with E-state index in [0.29, 0.717) is 47.3 Å². The number of rotatable bonds is 0. The van der Waals surface area contributed by atoms with Crippen molar-refractivity contribution in [3.63, 3.8) is 0 Å². The Morgan fingerprint density at radius 1 is 0.455 bits per heavy atom. The third-order valence-electron chi connectivity index (χ3n) is 11.0. The fraction of sp³-hybridized carbons (Fsp3) is 0.867. The maximum Gasteiger partial charge on any atom is 2.00 e. The fourth-order valence-corrected chi connectivity index (χ4v) is 9.79. The van der Waals surface area contributed by atoms with Gasteiger partial charge in [0.2, 0.25) is 0 Å². The van der Waals surface area contributed by atoms with E-state index in [1.54, 1.807) is 0 Å².